The molecule has 0 aliphatic rings. The van der Waals surface area contributed by atoms with Crippen LogP contribution in [0.15, 0.2) is 18.2 Å². The first-order valence-electron chi connectivity index (χ1n) is 9.75. The van der Waals surface area contributed by atoms with Gasteiger partial charge in [0.05, 0.1) is 0 Å². The summed E-state index contributed by atoms with van der Waals surface area (Å²) in [5.41, 5.74) is 0.936. The van der Waals surface area contributed by atoms with Crippen molar-refractivity contribution in [3.05, 3.63) is 28.8 Å². The predicted octanol–water partition coefficient (Wildman–Crippen LogP) is 6.06. The van der Waals surface area contributed by atoms with E-state index in [9.17, 15) is 4.79 Å². The topological polar surface area (TPSA) is 38.3 Å². The van der Waals surface area contributed by atoms with Crippen LogP contribution < -0.4 is 10.1 Å². The second kappa shape index (κ2) is 13.0. The van der Waals surface area contributed by atoms with Gasteiger partial charge in [-0.3, -0.25) is 4.79 Å². The number of carbonyl (C=O) groups excluding carboxylic acids is 1. The monoisotopic (exact) mass is 367 g/mol. The maximum Gasteiger partial charge on any atom is 0.260 e. The van der Waals surface area contributed by atoms with Crippen molar-refractivity contribution in [2.75, 3.05) is 6.54 Å². The predicted molar refractivity (Wildman–Crippen MR) is 107 cm³/mol. The Morgan fingerprint density at radius 3 is 2.28 bits per heavy atom. The second-order valence-corrected chi connectivity index (χ2v) is 7.23. The number of carbonyl (C=O) groups is 1. The fourth-order valence-electron chi connectivity index (χ4n) is 2.78. The smallest absolute Gasteiger partial charge is 0.260 e. The van der Waals surface area contributed by atoms with Crippen LogP contribution in [0, 0.1) is 6.92 Å². The zero-order valence-electron chi connectivity index (χ0n) is 16.1. The molecule has 25 heavy (non-hydrogen) atoms. The lowest BCUT2D eigenvalue weighted by Gasteiger charge is -2.16. The van der Waals surface area contributed by atoms with Crippen molar-refractivity contribution in [2.24, 2.45) is 0 Å². The molecule has 1 aromatic rings. The molecule has 0 aliphatic heterocycles. The number of halogens is 1. The quantitative estimate of drug-likeness (QED) is 0.430. The van der Waals surface area contributed by atoms with Gasteiger partial charge in [0.25, 0.3) is 5.91 Å². The Balaban J connectivity index is 2.09. The van der Waals surface area contributed by atoms with Crippen molar-refractivity contribution in [1.82, 2.24) is 5.32 Å². The van der Waals surface area contributed by atoms with Crippen LogP contribution in [0.25, 0.3) is 0 Å². The van der Waals surface area contributed by atoms with Crippen LogP contribution in [-0.2, 0) is 4.79 Å². The molecule has 0 fully saturated rings. The van der Waals surface area contributed by atoms with Gasteiger partial charge in [-0.1, -0.05) is 69.9 Å². The van der Waals surface area contributed by atoms with Gasteiger partial charge in [-0.15, -0.1) is 0 Å². The number of unbranched alkanes of at least 4 members (excludes halogenated alkanes) is 8. The summed E-state index contributed by atoms with van der Waals surface area (Å²) in [6.07, 6.45) is 11.0. The number of aryl methyl sites for hydroxylation is 1. The van der Waals surface area contributed by atoms with Crippen molar-refractivity contribution in [3.8, 4) is 5.75 Å². The zero-order chi connectivity index (χ0) is 18.5. The Morgan fingerprint density at radius 1 is 1.08 bits per heavy atom. The van der Waals surface area contributed by atoms with E-state index in [4.69, 9.17) is 16.3 Å². The van der Waals surface area contributed by atoms with Crippen LogP contribution in [0.1, 0.15) is 77.2 Å². The summed E-state index contributed by atoms with van der Waals surface area (Å²) in [5, 5.41) is 3.64. The first-order chi connectivity index (χ1) is 12.0. The molecule has 0 aromatic heterocycles. The summed E-state index contributed by atoms with van der Waals surface area (Å²) < 4.78 is 5.73. The molecule has 0 radical (unpaired) electrons. The summed E-state index contributed by atoms with van der Waals surface area (Å²) in [6.45, 7) is 6.67. The first-order valence-corrected chi connectivity index (χ1v) is 10.1. The van der Waals surface area contributed by atoms with Crippen LogP contribution in [0.4, 0.5) is 0 Å². The van der Waals surface area contributed by atoms with E-state index in [1.165, 1.54) is 51.4 Å². The van der Waals surface area contributed by atoms with Crippen molar-refractivity contribution in [3.63, 3.8) is 0 Å². The molecule has 1 amide bonds. The van der Waals surface area contributed by atoms with E-state index in [-0.39, 0.29) is 5.91 Å². The standard InChI is InChI=1S/C21H34ClNO2/c1-4-5-6-7-8-9-10-11-12-15-23-21(24)18(3)25-20-14-13-19(22)16-17(20)2/h13-14,16,18H,4-12,15H2,1-3H3,(H,23,24). The lowest BCUT2D eigenvalue weighted by molar-refractivity contribution is -0.127. The van der Waals surface area contributed by atoms with Crippen LogP contribution in [0.3, 0.4) is 0 Å². The molecule has 0 saturated heterocycles. The molecule has 0 aliphatic carbocycles. The summed E-state index contributed by atoms with van der Waals surface area (Å²) in [6, 6.07) is 5.42. The Hall–Kier alpha value is -1.22. The molecule has 1 N–H and O–H groups in total. The van der Waals surface area contributed by atoms with E-state index < -0.39 is 6.10 Å². The second-order valence-electron chi connectivity index (χ2n) is 6.79. The highest BCUT2D eigenvalue weighted by Crippen LogP contribution is 2.22. The number of hydrogen-bond acceptors (Lipinski definition) is 2. The van der Waals surface area contributed by atoms with Crippen LogP contribution >= 0.6 is 11.6 Å². The van der Waals surface area contributed by atoms with Gasteiger partial charge in [-0.05, 0) is 44.0 Å². The van der Waals surface area contributed by atoms with Gasteiger partial charge in [-0.25, -0.2) is 0 Å². The fraction of sp³-hybridized carbons (Fsp3) is 0.667. The minimum absolute atomic E-state index is 0.0612. The fourth-order valence-corrected chi connectivity index (χ4v) is 3.01. The van der Waals surface area contributed by atoms with Gasteiger partial charge < -0.3 is 10.1 Å². The third-order valence-corrected chi connectivity index (χ3v) is 4.62. The number of hydrogen-bond donors (Lipinski definition) is 1. The Morgan fingerprint density at radius 2 is 1.68 bits per heavy atom. The lowest BCUT2D eigenvalue weighted by atomic mass is 10.1. The zero-order valence-corrected chi connectivity index (χ0v) is 16.8. The van der Waals surface area contributed by atoms with E-state index in [0.717, 1.165) is 18.5 Å². The molecule has 0 bridgehead atoms. The van der Waals surface area contributed by atoms with Crippen LogP contribution in [0.2, 0.25) is 5.02 Å². The molecule has 142 valence electrons. The Bertz CT molecular complexity index is 505. The normalized spacial score (nSPS) is 12.0. The van der Waals surface area contributed by atoms with Crippen molar-refractivity contribution in [2.45, 2.75) is 84.7 Å². The van der Waals surface area contributed by atoms with Gasteiger partial charge in [0, 0.05) is 11.6 Å². The Labute approximate surface area is 158 Å². The third-order valence-electron chi connectivity index (χ3n) is 4.39. The molecule has 4 heteroatoms. The molecule has 1 unspecified atom stereocenters. The molecule has 1 rings (SSSR count). The van der Waals surface area contributed by atoms with Crippen LogP contribution in [0.5, 0.6) is 5.75 Å². The molecular weight excluding hydrogens is 334 g/mol. The highest BCUT2D eigenvalue weighted by molar-refractivity contribution is 6.30. The van der Waals surface area contributed by atoms with Gasteiger partial charge in [0.1, 0.15) is 5.75 Å². The molecular formula is C21H34ClNO2. The van der Waals surface area contributed by atoms with E-state index >= 15 is 0 Å². The molecule has 3 nitrogen and oxygen atoms in total. The average Bonchev–Trinajstić information content (AvgIpc) is 2.58. The van der Waals surface area contributed by atoms with E-state index in [0.29, 0.717) is 10.8 Å². The molecule has 1 atom stereocenters. The third kappa shape index (κ3) is 9.74. The SMILES string of the molecule is CCCCCCCCCCCNC(=O)C(C)Oc1ccc(Cl)cc1C. The van der Waals surface area contributed by atoms with E-state index in [2.05, 4.69) is 12.2 Å². The van der Waals surface area contributed by atoms with Gasteiger partial charge >= 0.3 is 0 Å². The Kier molecular flexibility index (Phi) is 11.4. The number of amides is 1. The van der Waals surface area contributed by atoms with Gasteiger partial charge in [0.15, 0.2) is 6.10 Å². The summed E-state index contributed by atoms with van der Waals surface area (Å²) in [4.78, 5) is 12.1. The maximum absolute atomic E-state index is 12.1. The number of nitrogens with one attached hydrogen (secondary N) is 1. The minimum atomic E-state index is -0.501. The molecule has 0 saturated carbocycles. The number of benzene rings is 1. The number of rotatable bonds is 13. The van der Waals surface area contributed by atoms with E-state index in [1.54, 1.807) is 13.0 Å². The minimum Gasteiger partial charge on any atom is -0.481 e. The summed E-state index contributed by atoms with van der Waals surface area (Å²) >= 11 is 5.93. The van der Waals surface area contributed by atoms with Gasteiger partial charge in [0.2, 0.25) is 0 Å². The highest BCUT2D eigenvalue weighted by Gasteiger charge is 2.15. The molecule has 0 heterocycles. The van der Waals surface area contributed by atoms with Crippen molar-refractivity contribution >= 4 is 17.5 Å². The maximum atomic E-state index is 12.1. The highest BCUT2D eigenvalue weighted by atomic mass is 35.5. The molecule has 1 aromatic carbocycles. The van der Waals surface area contributed by atoms with Gasteiger partial charge in [-0.2, -0.15) is 0 Å². The summed E-state index contributed by atoms with van der Waals surface area (Å²) in [7, 11) is 0. The lowest BCUT2D eigenvalue weighted by Crippen LogP contribution is -2.36. The van der Waals surface area contributed by atoms with Crippen molar-refractivity contribution in [1.29, 1.82) is 0 Å². The molecule has 0 spiro atoms. The first kappa shape index (κ1) is 21.8. The van der Waals surface area contributed by atoms with E-state index in [1.807, 2.05) is 19.1 Å². The van der Waals surface area contributed by atoms with Crippen LogP contribution in [-0.4, -0.2) is 18.6 Å². The largest absolute Gasteiger partial charge is 0.481 e. The number of ether oxygens (including phenoxy) is 1. The average molecular weight is 368 g/mol. The van der Waals surface area contributed by atoms with Crippen molar-refractivity contribution < 1.29 is 9.53 Å². The summed E-state index contributed by atoms with van der Waals surface area (Å²) in [5.74, 6) is 0.643.